The Kier molecular flexibility index (Phi) is 7.32. The molecule has 0 aliphatic rings. The van der Waals surface area contributed by atoms with E-state index < -0.39 is 10.0 Å². The fourth-order valence-corrected chi connectivity index (χ4v) is 3.42. The van der Waals surface area contributed by atoms with E-state index in [4.69, 9.17) is 11.6 Å². The first-order valence-corrected chi connectivity index (χ1v) is 10.2. The molecule has 1 aromatic heterocycles. The summed E-state index contributed by atoms with van der Waals surface area (Å²) < 4.78 is 25.5. The number of halogens is 1. The minimum Gasteiger partial charge on any atom is -0.325 e. The van der Waals surface area contributed by atoms with E-state index in [1.54, 1.807) is 6.20 Å². The number of hydrogen-bond acceptors (Lipinski definition) is 5. The van der Waals surface area contributed by atoms with Crippen LogP contribution in [0.3, 0.4) is 0 Å². The molecule has 2 N–H and O–H groups in total. The van der Waals surface area contributed by atoms with Gasteiger partial charge in [-0.05, 0) is 37.3 Å². The van der Waals surface area contributed by atoms with Gasteiger partial charge in [-0.3, -0.25) is 9.78 Å². The molecule has 7 nitrogen and oxygen atoms in total. The Balaban J connectivity index is 1.95. The third-order valence-corrected chi connectivity index (χ3v) is 6.07. The van der Waals surface area contributed by atoms with Gasteiger partial charge in [-0.15, -0.1) is 0 Å². The van der Waals surface area contributed by atoms with Gasteiger partial charge in [0, 0.05) is 39.3 Å². The number of sulfonamides is 1. The van der Waals surface area contributed by atoms with Crippen molar-refractivity contribution in [2.75, 3.05) is 26.0 Å². The molecule has 0 fully saturated rings. The third-order valence-electron chi connectivity index (χ3n) is 3.92. The van der Waals surface area contributed by atoms with E-state index in [-0.39, 0.29) is 34.0 Å². The van der Waals surface area contributed by atoms with Crippen LogP contribution in [0, 0.1) is 0 Å². The minimum atomic E-state index is -3.61. The van der Waals surface area contributed by atoms with Gasteiger partial charge in [0.15, 0.2) is 0 Å². The summed E-state index contributed by atoms with van der Waals surface area (Å²) >= 11 is 6.09. The maximum atomic E-state index is 12.2. The normalized spacial score (nSPS) is 12.8. The van der Waals surface area contributed by atoms with E-state index in [2.05, 4.69) is 15.6 Å². The predicted molar refractivity (Wildman–Crippen MR) is 106 cm³/mol. The molecule has 1 amide bonds. The Bertz CT molecular complexity index is 889. The van der Waals surface area contributed by atoms with Crippen LogP contribution in [0.4, 0.5) is 5.69 Å². The molecule has 0 aliphatic carbocycles. The summed E-state index contributed by atoms with van der Waals surface area (Å²) in [5.74, 6) is -0.267. The van der Waals surface area contributed by atoms with Crippen molar-refractivity contribution in [1.29, 1.82) is 0 Å². The fourth-order valence-electron chi connectivity index (χ4n) is 2.32. The first-order valence-electron chi connectivity index (χ1n) is 8.38. The van der Waals surface area contributed by atoms with Gasteiger partial charge in [-0.2, -0.15) is 0 Å². The molecular formula is C18H23ClN4O3S. The highest BCUT2D eigenvalue weighted by Crippen LogP contribution is 2.26. The number of carbonyl (C=O) groups is 1. The second-order valence-electron chi connectivity index (χ2n) is 6.16. The zero-order valence-corrected chi connectivity index (χ0v) is 17.0. The molecule has 1 heterocycles. The van der Waals surface area contributed by atoms with E-state index in [1.165, 1.54) is 32.3 Å². The van der Waals surface area contributed by atoms with Crippen molar-refractivity contribution in [2.24, 2.45) is 0 Å². The number of pyridine rings is 1. The second-order valence-corrected chi connectivity index (χ2v) is 8.72. The van der Waals surface area contributed by atoms with Crippen LogP contribution in [0.5, 0.6) is 0 Å². The van der Waals surface area contributed by atoms with Crippen molar-refractivity contribution in [2.45, 2.75) is 24.3 Å². The molecule has 0 bridgehead atoms. The van der Waals surface area contributed by atoms with Crippen LogP contribution in [0.1, 0.15) is 25.1 Å². The van der Waals surface area contributed by atoms with Gasteiger partial charge in [0.1, 0.15) is 0 Å². The van der Waals surface area contributed by atoms with Crippen molar-refractivity contribution in [3.8, 4) is 0 Å². The minimum absolute atomic E-state index is 0.0103. The molecule has 146 valence electrons. The maximum absolute atomic E-state index is 12.2. The standard InChI is InChI=1S/C18H23ClN4O3S/c1-13(16-6-4-5-10-21-16)20-11-9-18(24)22-17-12-14(7-8-15(17)19)27(25,26)23(2)3/h4-8,10,12-13,20H,9,11H2,1-3H3,(H,22,24). The highest BCUT2D eigenvalue weighted by atomic mass is 35.5. The SMILES string of the molecule is CC(NCCC(=O)Nc1cc(S(=O)(=O)N(C)C)ccc1Cl)c1ccccn1. The van der Waals surface area contributed by atoms with Gasteiger partial charge in [-0.1, -0.05) is 17.7 Å². The average molecular weight is 411 g/mol. The van der Waals surface area contributed by atoms with Gasteiger partial charge in [0.05, 0.1) is 21.3 Å². The number of aromatic nitrogens is 1. The molecule has 1 unspecified atom stereocenters. The number of anilines is 1. The molecule has 0 radical (unpaired) electrons. The number of carbonyl (C=O) groups excluding carboxylic acids is 1. The Hall–Kier alpha value is -2.00. The number of rotatable bonds is 8. The summed E-state index contributed by atoms with van der Waals surface area (Å²) in [5, 5.41) is 6.16. The summed E-state index contributed by atoms with van der Waals surface area (Å²) in [6, 6.07) is 9.89. The summed E-state index contributed by atoms with van der Waals surface area (Å²) in [4.78, 5) is 16.5. The van der Waals surface area contributed by atoms with Gasteiger partial charge in [-0.25, -0.2) is 12.7 Å². The summed E-state index contributed by atoms with van der Waals surface area (Å²) in [7, 11) is -0.724. The molecular weight excluding hydrogens is 388 g/mol. The second kappa shape index (κ2) is 9.27. The molecule has 27 heavy (non-hydrogen) atoms. The smallest absolute Gasteiger partial charge is 0.242 e. The highest BCUT2D eigenvalue weighted by molar-refractivity contribution is 7.89. The molecule has 1 aromatic carbocycles. The first-order chi connectivity index (χ1) is 12.7. The van der Waals surface area contributed by atoms with Crippen LogP contribution in [-0.2, 0) is 14.8 Å². The third kappa shape index (κ3) is 5.74. The first kappa shape index (κ1) is 21.3. The zero-order valence-electron chi connectivity index (χ0n) is 15.4. The van der Waals surface area contributed by atoms with Gasteiger partial charge in [0.2, 0.25) is 15.9 Å². The Morgan fingerprint density at radius 3 is 2.63 bits per heavy atom. The lowest BCUT2D eigenvalue weighted by Gasteiger charge is -2.15. The van der Waals surface area contributed by atoms with Gasteiger partial charge >= 0.3 is 0 Å². The van der Waals surface area contributed by atoms with Crippen LogP contribution in [0.15, 0.2) is 47.5 Å². The average Bonchev–Trinajstić information content (AvgIpc) is 2.63. The Labute approximate surface area is 164 Å². The van der Waals surface area contributed by atoms with Crippen LogP contribution in [-0.4, -0.2) is 44.3 Å². The molecule has 2 aromatic rings. The summed E-state index contributed by atoms with van der Waals surface area (Å²) in [6.07, 6.45) is 1.93. The van der Waals surface area contributed by atoms with E-state index in [0.29, 0.717) is 6.54 Å². The predicted octanol–water partition coefficient (Wildman–Crippen LogP) is 2.66. The zero-order chi connectivity index (χ0) is 20.0. The monoisotopic (exact) mass is 410 g/mol. The van der Waals surface area contributed by atoms with Crippen molar-refractivity contribution < 1.29 is 13.2 Å². The number of nitrogens with zero attached hydrogens (tertiary/aromatic N) is 2. The van der Waals surface area contributed by atoms with Crippen LogP contribution < -0.4 is 10.6 Å². The van der Waals surface area contributed by atoms with Crippen molar-refractivity contribution >= 4 is 33.2 Å². The van der Waals surface area contributed by atoms with E-state index >= 15 is 0 Å². The molecule has 2 rings (SSSR count). The lowest BCUT2D eigenvalue weighted by molar-refractivity contribution is -0.116. The highest BCUT2D eigenvalue weighted by Gasteiger charge is 2.19. The lowest BCUT2D eigenvalue weighted by atomic mass is 10.2. The summed E-state index contributed by atoms with van der Waals surface area (Å²) in [5.41, 5.74) is 1.16. The molecule has 0 saturated carbocycles. The van der Waals surface area contributed by atoms with E-state index in [9.17, 15) is 13.2 Å². The number of nitrogens with one attached hydrogen (secondary N) is 2. The van der Waals surface area contributed by atoms with Crippen LogP contribution in [0.2, 0.25) is 5.02 Å². The molecule has 0 aliphatic heterocycles. The largest absolute Gasteiger partial charge is 0.325 e. The van der Waals surface area contributed by atoms with Crippen LogP contribution in [0.25, 0.3) is 0 Å². The van der Waals surface area contributed by atoms with E-state index in [1.807, 2.05) is 25.1 Å². The maximum Gasteiger partial charge on any atom is 0.242 e. The molecule has 1 atom stereocenters. The Morgan fingerprint density at radius 2 is 2.00 bits per heavy atom. The van der Waals surface area contributed by atoms with Crippen LogP contribution >= 0.6 is 11.6 Å². The van der Waals surface area contributed by atoms with Crippen molar-refractivity contribution in [1.82, 2.24) is 14.6 Å². The molecule has 0 spiro atoms. The number of benzene rings is 1. The Morgan fingerprint density at radius 1 is 1.26 bits per heavy atom. The molecule has 9 heteroatoms. The van der Waals surface area contributed by atoms with Gasteiger partial charge in [0.25, 0.3) is 0 Å². The molecule has 0 saturated heterocycles. The lowest BCUT2D eigenvalue weighted by Crippen LogP contribution is -2.25. The summed E-state index contributed by atoms with van der Waals surface area (Å²) in [6.45, 7) is 2.41. The quantitative estimate of drug-likeness (QED) is 0.698. The van der Waals surface area contributed by atoms with Gasteiger partial charge < -0.3 is 10.6 Å². The fraction of sp³-hybridized carbons (Fsp3) is 0.333. The van der Waals surface area contributed by atoms with E-state index in [0.717, 1.165) is 10.00 Å². The number of amides is 1. The van der Waals surface area contributed by atoms with Crippen molar-refractivity contribution in [3.05, 3.63) is 53.3 Å². The topological polar surface area (TPSA) is 91.4 Å². The number of hydrogen-bond donors (Lipinski definition) is 2. The van der Waals surface area contributed by atoms with Crippen molar-refractivity contribution in [3.63, 3.8) is 0 Å².